The molecule has 0 unspecified atom stereocenters. The smallest absolute Gasteiger partial charge is 0.212 e. The van der Waals surface area contributed by atoms with E-state index in [1.54, 1.807) is 14.0 Å². The van der Waals surface area contributed by atoms with E-state index in [1.165, 1.54) is 22.5 Å². The van der Waals surface area contributed by atoms with Gasteiger partial charge in [0.15, 0.2) is 0 Å². The number of pyridine rings is 1. The van der Waals surface area contributed by atoms with Crippen molar-refractivity contribution in [1.29, 1.82) is 0 Å². The van der Waals surface area contributed by atoms with E-state index >= 15 is 0 Å². The number of nitrogens with zero attached hydrogens (tertiary/aromatic N) is 3. The summed E-state index contributed by atoms with van der Waals surface area (Å²) in [5.74, 6) is 1.13. The average Bonchev–Trinajstić information content (AvgIpc) is 3.36. The highest BCUT2D eigenvalue weighted by Gasteiger charge is 2.18. The monoisotopic (exact) mass is 465 g/mol. The summed E-state index contributed by atoms with van der Waals surface area (Å²) in [6, 6.07) is 25.2. The van der Waals surface area contributed by atoms with Gasteiger partial charge in [-0.15, -0.1) is 16.9 Å². The zero-order valence-electron chi connectivity index (χ0n) is 19.0. The van der Waals surface area contributed by atoms with Crippen LogP contribution in [0.1, 0.15) is 18.9 Å². The number of thioether (sulfide) groups is 1. The fraction of sp³-hybridized carbons (Fsp3) is 0.143. The van der Waals surface area contributed by atoms with Crippen molar-refractivity contribution in [2.75, 3.05) is 12.9 Å². The van der Waals surface area contributed by atoms with Gasteiger partial charge in [0.05, 0.1) is 18.6 Å². The fourth-order valence-electron chi connectivity index (χ4n) is 3.92. The third kappa shape index (κ3) is 4.77. The number of aromatic nitrogens is 1. The minimum absolute atomic E-state index is 0.133. The molecule has 0 bridgehead atoms. The number of methoxy groups -OCH3 is 1. The third-order valence-corrected chi connectivity index (χ3v) is 6.78. The van der Waals surface area contributed by atoms with Crippen molar-refractivity contribution in [2.24, 2.45) is 10.2 Å². The van der Waals surface area contributed by atoms with Crippen LogP contribution in [-0.2, 0) is 4.79 Å². The van der Waals surface area contributed by atoms with Crippen LogP contribution < -0.4 is 4.74 Å². The molecule has 0 aliphatic carbocycles. The van der Waals surface area contributed by atoms with Crippen LogP contribution in [0.5, 0.6) is 5.88 Å². The van der Waals surface area contributed by atoms with Crippen molar-refractivity contribution in [1.82, 2.24) is 4.98 Å². The number of carbonyl (C=O) groups is 1. The van der Waals surface area contributed by atoms with Gasteiger partial charge in [-0.25, -0.2) is 4.98 Å². The number of ketones is 1. The molecule has 0 fully saturated rings. The van der Waals surface area contributed by atoms with E-state index in [-0.39, 0.29) is 5.78 Å². The molecule has 0 saturated heterocycles. The molecule has 0 radical (unpaired) electrons. The molecule has 1 aliphatic heterocycles. The van der Waals surface area contributed by atoms with E-state index < -0.39 is 0 Å². The summed E-state index contributed by atoms with van der Waals surface area (Å²) in [7, 11) is 1.61. The van der Waals surface area contributed by atoms with E-state index in [9.17, 15) is 4.79 Å². The first-order chi connectivity index (χ1) is 16.6. The van der Waals surface area contributed by atoms with E-state index in [2.05, 4.69) is 75.9 Å². The van der Waals surface area contributed by atoms with Crippen LogP contribution in [0.3, 0.4) is 0 Å². The fourth-order valence-corrected chi connectivity index (χ4v) is 4.63. The van der Waals surface area contributed by atoms with Gasteiger partial charge in [-0.05, 0) is 70.3 Å². The van der Waals surface area contributed by atoms with E-state index in [4.69, 9.17) is 4.74 Å². The second-order valence-corrected chi connectivity index (χ2v) is 9.21. The Labute approximate surface area is 202 Å². The Balaban J connectivity index is 1.55. The van der Waals surface area contributed by atoms with Crippen LogP contribution in [-0.4, -0.2) is 34.4 Å². The zero-order valence-corrected chi connectivity index (χ0v) is 19.8. The molecule has 2 heterocycles. The zero-order chi connectivity index (χ0) is 23.5. The van der Waals surface area contributed by atoms with Gasteiger partial charge in [0.2, 0.25) is 5.88 Å². The van der Waals surface area contributed by atoms with Crippen LogP contribution in [0.15, 0.2) is 89.2 Å². The Bertz CT molecular complexity index is 1440. The van der Waals surface area contributed by atoms with Crippen LogP contribution in [0.4, 0.5) is 0 Å². The number of hydrogen-bond donors (Lipinski definition) is 0. The highest BCUT2D eigenvalue weighted by Crippen LogP contribution is 2.32. The highest BCUT2D eigenvalue weighted by molar-refractivity contribution is 8.14. The van der Waals surface area contributed by atoms with Crippen LogP contribution in [0.25, 0.3) is 33.0 Å². The van der Waals surface area contributed by atoms with Crippen LogP contribution in [0, 0.1) is 0 Å². The van der Waals surface area contributed by atoms with Crippen molar-refractivity contribution >= 4 is 39.1 Å². The lowest BCUT2D eigenvalue weighted by Crippen LogP contribution is -2.04. The summed E-state index contributed by atoms with van der Waals surface area (Å²) in [5, 5.41) is 12.0. The molecule has 168 valence electrons. The van der Waals surface area contributed by atoms with Crippen molar-refractivity contribution in [3.8, 4) is 28.1 Å². The largest absolute Gasteiger partial charge is 0.481 e. The maximum atomic E-state index is 11.4. The first kappa shape index (κ1) is 22.0. The van der Waals surface area contributed by atoms with Crippen molar-refractivity contribution < 1.29 is 9.53 Å². The number of rotatable bonds is 6. The molecule has 1 aliphatic rings. The van der Waals surface area contributed by atoms with E-state index in [1.807, 2.05) is 18.3 Å². The normalized spacial score (nSPS) is 13.0. The summed E-state index contributed by atoms with van der Waals surface area (Å²) < 4.78 is 5.22. The summed E-state index contributed by atoms with van der Waals surface area (Å²) in [4.78, 5) is 15.8. The van der Waals surface area contributed by atoms with Gasteiger partial charge in [-0.2, -0.15) is 5.10 Å². The Morgan fingerprint density at radius 3 is 2.32 bits per heavy atom. The second kappa shape index (κ2) is 9.61. The predicted octanol–water partition coefficient (Wildman–Crippen LogP) is 6.41. The molecule has 0 N–H and O–H groups in total. The minimum Gasteiger partial charge on any atom is -0.481 e. The maximum Gasteiger partial charge on any atom is 0.212 e. The van der Waals surface area contributed by atoms with E-state index in [0.29, 0.717) is 18.1 Å². The van der Waals surface area contributed by atoms with E-state index in [0.717, 1.165) is 38.6 Å². The Morgan fingerprint density at radius 1 is 0.853 bits per heavy atom. The molecule has 0 spiro atoms. The molecule has 5 nitrogen and oxygen atoms in total. The standard InChI is InChI=1S/C28H23N3O2S/c1-18(32)17-34-28-15-26(30-31-28)25-13-23(21-8-7-19-5-3-4-6-20(19)11-21)12-24(14-25)22-9-10-27(33-2)29-16-22/h3-14,16H,15,17H2,1-2H3. The lowest BCUT2D eigenvalue weighted by molar-refractivity contribution is -0.114. The molecule has 5 rings (SSSR count). The average molecular weight is 466 g/mol. The molecule has 3 aromatic carbocycles. The summed E-state index contributed by atoms with van der Waals surface area (Å²) in [5.41, 5.74) is 6.18. The molecule has 0 amide bonds. The first-order valence-electron chi connectivity index (χ1n) is 11.0. The number of Topliss-reactive ketones (excluding diaryl/α,β-unsaturated/α-hetero) is 1. The van der Waals surface area contributed by atoms with Gasteiger partial charge in [0.1, 0.15) is 10.8 Å². The predicted molar refractivity (Wildman–Crippen MR) is 141 cm³/mol. The van der Waals surface area contributed by atoms with Crippen LogP contribution >= 0.6 is 11.8 Å². The number of fused-ring (bicyclic) bond motifs is 1. The maximum absolute atomic E-state index is 11.4. The van der Waals surface area contributed by atoms with Crippen molar-refractivity contribution in [3.05, 3.63) is 84.6 Å². The molecular weight excluding hydrogens is 442 g/mol. The molecule has 0 atom stereocenters. The van der Waals surface area contributed by atoms with Gasteiger partial charge >= 0.3 is 0 Å². The van der Waals surface area contributed by atoms with Gasteiger partial charge in [-0.3, -0.25) is 4.79 Å². The topological polar surface area (TPSA) is 63.9 Å². The number of carbonyl (C=O) groups excluding carboxylic acids is 1. The molecule has 6 heteroatoms. The van der Waals surface area contributed by atoms with Gasteiger partial charge in [-0.1, -0.05) is 36.4 Å². The minimum atomic E-state index is 0.133. The summed E-state index contributed by atoms with van der Waals surface area (Å²) >= 11 is 1.46. The van der Waals surface area contributed by atoms with Crippen LogP contribution in [0.2, 0.25) is 0 Å². The highest BCUT2D eigenvalue weighted by atomic mass is 32.2. The molecule has 34 heavy (non-hydrogen) atoms. The van der Waals surface area contributed by atoms with Gasteiger partial charge < -0.3 is 4.74 Å². The summed E-state index contributed by atoms with van der Waals surface area (Å²) in [6.45, 7) is 1.59. The Hall–Kier alpha value is -3.77. The van der Waals surface area contributed by atoms with Crippen molar-refractivity contribution in [2.45, 2.75) is 13.3 Å². The lowest BCUT2D eigenvalue weighted by atomic mass is 9.93. The first-order valence-corrected chi connectivity index (χ1v) is 12.0. The lowest BCUT2D eigenvalue weighted by Gasteiger charge is -2.12. The SMILES string of the molecule is COc1ccc(-c2cc(C3=NN=C(SCC(C)=O)C3)cc(-c3ccc4ccccc4c3)c2)cn1. The molecule has 0 saturated carbocycles. The summed E-state index contributed by atoms with van der Waals surface area (Å²) in [6.07, 6.45) is 2.45. The third-order valence-electron chi connectivity index (χ3n) is 5.67. The van der Waals surface area contributed by atoms with Gasteiger partial charge in [0.25, 0.3) is 0 Å². The Kier molecular flexibility index (Phi) is 6.23. The number of ether oxygens (including phenoxy) is 1. The Morgan fingerprint density at radius 2 is 1.59 bits per heavy atom. The second-order valence-electron chi connectivity index (χ2n) is 8.16. The quantitative estimate of drug-likeness (QED) is 0.330. The number of benzene rings is 3. The van der Waals surface area contributed by atoms with Crippen molar-refractivity contribution in [3.63, 3.8) is 0 Å². The molecular formula is C28H23N3O2S. The number of hydrogen-bond acceptors (Lipinski definition) is 6. The molecule has 4 aromatic rings. The van der Waals surface area contributed by atoms with Gasteiger partial charge in [0, 0.05) is 24.2 Å². The molecule has 1 aromatic heterocycles.